The number of fused-ring (bicyclic) bond motifs is 1. The summed E-state index contributed by atoms with van der Waals surface area (Å²) in [7, 11) is 0. The van der Waals surface area contributed by atoms with Crippen LogP contribution in [-0.4, -0.2) is 13.2 Å². The molecule has 1 aliphatic rings. The summed E-state index contributed by atoms with van der Waals surface area (Å²) in [4.78, 5) is 0. The molecule has 0 saturated heterocycles. The molecule has 0 aromatic heterocycles. The van der Waals surface area contributed by atoms with Gasteiger partial charge in [-0.3, -0.25) is 0 Å². The van der Waals surface area contributed by atoms with Crippen LogP contribution in [0, 0.1) is 0 Å². The highest BCUT2D eigenvalue weighted by molar-refractivity contribution is 6.30. The van der Waals surface area contributed by atoms with Gasteiger partial charge in [-0.1, -0.05) is 36.7 Å². The second-order valence-corrected chi connectivity index (χ2v) is 7.77. The maximum Gasteiger partial charge on any atom is 0.123 e. The molecule has 0 fully saturated rings. The van der Waals surface area contributed by atoms with Crippen LogP contribution < -0.4 is 10.5 Å². The number of ether oxygens (including phenoxy) is 2. The molecule has 27 heavy (non-hydrogen) atoms. The van der Waals surface area contributed by atoms with Crippen molar-refractivity contribution in [2.45, 2.75) is 44.6 Å². The summed E-state index contributed by atoms with van der Waals surface area (Å²) < 4.78 is 12.3. The van der Waals surface area contributed by atoms with E-state index in [9.17, 15) is 0 Å². The molecule has 3 nitrogen and oxygen atoms in total. The van der Waals surface area contributed by atoms with E-state index < -0.39 is 0 Å². The molecule has 2 unspecified atom stereocenters. The molecule has 3 rings (SSSR count). The number of hydrogen-bond donors (Lipinski definition) is 1. The third kappa shape index (κ3) is 3.99. The van der Waals surface area contributed by atoms with Crippen molar-refractivity contribution in [3.63, 3.8) is 0 Å². The lowest BCUT2D eigenvalue weighted by molar-refractivity contribution is 0.0659. The van der Waals surface area contributed by atoms with Crippen molar-refractivity contribution < 1.29 is 9.47 Å². The van der Waals surface area contributed by atoms with Crippen molar-refractivity contribution in [1.29, 1.82) is 0 Å². The van der Waals surface area contributed by atoms with E-state index in [4.69, 9.17) is 26.8 Å². The number of rotatable bonds is 5. The first-order valence-electron chi connectivity index (χ1n) is 9.53. The summed E-state index contributed by atoms with van der Waals surface area (Å²) >= 11 is 6.27. The lowest BCUT2D eigenvalue weighted by Crippen LogP contribution is -2.29. The van der Waals surface area contributed by atoms with E-state index >= 15 is 0 Å². The van der Waals surface area contributed by atoms with Gasteiger partial charge in [0.05, 0.1) is 6.61 Å². The number of anilines is 1. The first-order chi connectivity index (χ1) is 13.0. The Hall–Kier alpha value is -1.97. The lowest BCUT2D eigenvalue weighted by atomic mass is 9.71. The first-order valence-corrected chi connectivity index (χ1v) is 9.91. The predicted octanol–water partition coefficient (Wildman–Crippen LogP) is 6.05. The Balaban J connectivity index is 2.25. The van der Waals surface area contributed by atoms with Gasteiger partial charge < -0.3 is 15.2 Å². The van der Waals surface area contributed by atoms with Crippen LogP contribution in [-0.2, 0) is 10.2 Å². The van der Waals surface area contributed by atoms with Crippen molar-refractivity contribution in [2.24, 2.45) is 0 Å². The van der Waals surface area contributed by atoms with E-state index in [2.05, 4.69) is 19.6 Å². The molecule has 0 amide bonds. The molecule has 0 radical (unpaired) electrons. The standard InChI is InChI=1S/C23H28ClNO2/c1-4-12-23(3)13-7-14-27-22(18-15-16(24)10-11-19(18)25)17-8-6-9-20(21(17)23)26-5-2/h4,6,8-11,15,22H,1,5,7,12-14,25H2,2-3H3. The topological polar surface area (TPSA) is 44.5 Å². The average Bonchev–Trinajstić information content (AvgIpc) is 2.63. The van der Waals surface area contributed by atoms with Crippen molar-refractivity contribution in [1.82, 2.24) is 0 Å². The molecule has 4 heteroatoms. The molecule has 0 bridgehead atoms. The fraction of sp³-hybridized carbons (Fsp3) is 0.391. The second kappa shape index (κ2) is 8.37. The molecule has 144 valence electrons. The largest absolute Gasteiger partial charge is 0.494 e. The van der Waals surface area contributed by atoms with Crippen LogP contribution in [0.3, 0.4) is 0 Å². The minimum absolute atomic E-state index is 0.0712. The van der Waals surface area contributed by atoms with Gasteiger partial charge in [-0.05, 0) is 56.0 Å². The Labute approximate surface area is 167 Å². The van der Waals surface area contributed by atoms with Gasteiger partial charge in [-0.25, -0.2) is 0 Å². The van der Waals surface area contributed by atoms with Gasteiger partial charge >= 0.3 is 0 Å². The van der Waals surface area contributed by atoms with Crippen LogP contribution in [0.2, 0.25) is 5.02 Å². The fourth-order valence-corrected chi connectivity index (χ4v) is 4.30. The summed E-state index contributed by atoms with van der Waals surface area (Å²) in [6.45, 7) is 9.58. The molecule has 1 heterocycles. The quantitative estimate of drug-likeness (QED) is 0.503. The molecule has 2 aromatic carbocycles. The molecular weight excluding hydrogens is 358 g/mol. The smallest absolute Gasteiger partial charge is 0.123 e. The zero-order valence-corrected chi connectivity index (χ0v) is 16.9. The Kier molecular flexibility index (Phi) is 6.13. The monoisotopic (exact) mass is 385 g/mol. The van der Waals surface area contributed by atoms with Crippen LogP contribution in [0.15, 0.2) is 49.1 Å². The SMILES string of the molecule is C=CCC1(C)CCCOC(c2cc(Cl)ccc2N)c2cccc(OCC)c21. The van der Waals surface area contributed by atoms with Gasteiger partial charge in [0.15, 0.2) is 0 Å². The zero-order valence-electron chi connectivity index (χ0n) is 16.1. The Morgan fingerprint density at radius 2 is 2.15 bits per heavy atom. The number of allylic oxidation sites excluding steroid dienone is 1. The number of nitrogens with two attached hydrogens (primary N) is 1. The maximum atomic E-state index is 6.32. The molecule has 2 atom stereocenters. The molecular formula is C23H28ClNO2. The first kappa shape index (κ1) is 19.8. The zero-order chi connectivity index (χ0) is 19.4. The van der Waals surface area contributed by atoms with Gasteiger partial charge in [0.1, 0.15) is 11.9 Å². The summed E-state index contributed by atoms with van der Waals surface area (Å²) in [6, 6.07) is 11.7. The highest BCUT2D eigenvalue weighted by Crippen LogP contribution is 2.47. The van der Waals surface area contributed by atoms with Crippen LogP contribution >= 0.6 is 11.6 Å². The van der Waals surface area contributed by atoms with Gasteiger partial charge in [0.25, 0.3) is 0 Å². The summed E-state index contributed by atoms with van der Waals surface area (Å²) in [5.74, 6) is 0.912. The number of halogens is 1. The second-order valence-electron chi connectivity index (χ2n) is 7.33. The van der Waals surface area contributed by atoms with E-state index in [0.717, 1.165) is 36.1 Å². The minimum Gasteiger partial charge on any atom is -0.494 e. The van der Waals surface area contributed by atoms with Crippen LogP contribution in [0.25, 0.3) is 0 Å². The van der Waals surface area contributed by atoms with Crippen LogP contribution in [0.5, 0.6) is 5.75 Å². The molecule has 2 aromatic rings. The fourth-order valence-electron chi connectivity index (χ4n) is 4.12. The number of hydrogen-bond acceptors (Lipinski definition) is 3. The predicted molar refractivity (Wildman–Crippen MR) is 113 cm³/mol. The molecule has 0 aliphatic carbocycles. The highest BCUT2D eigenvalue weighted by atomic mass is 35.5. The molecule has 0 spiro atoms. The van der Waals surface area contributed by atoms with Crippen molar-refractivity contribution in [2.75, 3.05) is 18.9 Å². The van der Waals surface area contributed by atoms with Crippen molar-refractivity contribution in [3.8, 4) is 5.75 Å². The normalized spacial score (nSPS) is 22.4. The average molecular weight is 386 g/mol. The van der Waals surface area contributed by atoms with E-state index in [0.29, 0.717) is 23.9 Å². The highest BCUT2D eigenvalue weighted by Gasteiger charge is 2.36. The van der Waals surface area contributed by atoms with Gasteiger partial charge in [0, 0.05) is 33.9 Å². The minimum atomic E-state index is -0.274. The third-order valence-corrected chi connectivity index (χ3v) is 5.56. The third-order valence-electron chi connectivity index (χ3n) is 5.33. The number of nitrogen functional groups attached to an aromatic ring is 1. The van der Waals surface area contributed by atoms with Crippen LogP contribution in [0.1, 0.15) is 55.9 Å². The van der Waals surface area contributed by atoms with Gasteiger partial charge in [-0.15, -0.1) is 6.58 Å². The van der Waals surface area contributed by atoms with Gasteiger partial charge in [-0.2, -0.15) is 0 Å². The van der Waals surface area contributed by atoms with Crippen molar-refractivity contribution >= 4 is 17.3 Å². The van der Waals surface area contributed by atoms with E-state index in [1.165, 1.54) is 5.56 Å². The Morgan fingerprint density at radius 3 is 2.89 bits per heavy atom. The van der Waals surface area contributed by atoms with Crippen LogP contribution in [0.4, 0.5) is 5.69 Å². The lowest BCUT2D eigenvalue weighted by Gasteiger charge is -2.37. The Morgan fingerprint density at radius 1 is 1.33 bits per heavy atom. The van der Waals surface area contributed by atoms with Gasteiger partial charge in [0.2, 0.25) is 0 Å². The van der Waals surface area contributed by atoms with E-state index in [1.54, 1.807) is 0 Å². The maximum absolute atomic E-state index is 6.32. The van der Waals surface area contributed by atoms with Crippen molar-refractivity contribution in [3.05, 3.63) is 70.8 Å². The summed E-state index contributed by atoms with van der Waals surface area (Å²) in [5, 5.41) is 0.654. The molecule has 2 N–H and O–H groups in total. The van der Waals surface area contributed by atoms with E-state index in [-0.39, 0.29) is 11.5 Å². The molecule has 1 aliphatic heterocycles. The van der Waals surface area contributed by atoms with E-state index in [1.807, 2.05) is 43.3 Å². The summed E-state index contributed by atoms with van der Waals surface area (Å²) in [6.07, 6.45) is 4.57. The molecule has 0 saturated carbocycles. The Bertz CT molecular complexity index is 820. The number of benzene rings is 2. The summed E-state index contributed by atoms with van der Waals surface area (Å²) in [5.41, 5.74) is 10.1.